The van der Waals surface area contributed by atoms with Crippen LogP contribution < -0.4 is 9.64 Å². The van der Waals surface area contributed by atoms with Gasteiger partial charge in [0.05, 0.1) is 19.3 Å². The minimum Gasteiger partial charge on any atom is -0.497 e. The minimum absolute atomic E-state index is 0.0569. The number of hydrogen-bond donors (Lipinski definition) is 0. The summed E-state index contributed by atoms with van der Waals surface area (Å²) in [6.45, 7) is 0.757. The van der Waals surface area contributed by atoms with Crippen molar-refractivity contribution in [2.75, 3.05) is 38.4 Å². The van der Waals surface area contributed by atoms with Crippen molar-refractivity contribution in [3.8, 4) is 5.75 Å². The van der Waals surface area contributed by atoms with Crippen LogP contribution in [0.4, 0.5) is 5.69 Å². The number of nitrogens with zero attached hydrogens (tertiary/aromatic N) is 2. The lowest BCUT2D eigenvalue weighted by molar-refractivity contribution is -0.123. The second kappa shape index (κ2) is 6.66. The van der Waals surface area contributed by atoms with Gasteiger partial charge in [0.1, 0.15) is 5.75 Å². The lowest BCUT2D eigenvalue weighted by atomic mass is 9.98. The van der Waals surface area contributed by atoms with E-state index in [1.807, 2.05) is 12.1 Å². The fraction of sp³-hybridized carbons (Fsp3) is 0.533. The number of carbonyl (C=O) groups is 1. The molecule has 1 aromatic carbocycles. The molecule has 1 saturated heterocycles. The van der Waals surface area contributed by atoms with Crippen molar-refractivity contribution >= 4 is 21.6 Å². The van der Waals surface area contributed by atoms with Gasteiger partial charge < -0.3 is 9.64 Å². The van der Waals surface area contributed by atoms with E-state index >= 15 is 0 Å². The zero-order valence-electron chi connectivity index (χ0n) is 13.2. The van der Waals surface area contributed by atoms with E-state index in [2.05, 4.69) is 0 Å². The highest BCUT2D eigenvalue weighted by Gasteiger charge is 2.32. The molecule has 0 bridgehead atoms. The Morgan fingerprint density at radius 2 is 1.95 bits per heavy atom. The first-order chi connectivity index (χ1) is 10.3. The maximum atomic E-state index is 12.6. The Morgan fingerprint density at radius 3 is 2.50 bits per heavy atom. The van der Waals surface area contributed by atoms with Crippen LogP contribution in [0.1, 0.15) is 12.8 Å². The molecule has 1 fully saturated rings. The Morgan fingerprint density at radius 1 is 1.32 bits per heavy atom. The summed E-state index contributed by atoms with van der Waals surface area (Å²) in [7, 11) is 0.0552. The highest BCUT2D eigenvalue weighted by Crippen LogP contribution is 2.24. The number of ether oxygens (including phenoxy) is 1. The summed E-state index contributed by atoms with van der Waals surface area (Å²) in [5.74, 6) is 0.375. The van der Waals surface area contributed by atoms with E-state index in [0.717, 1.165) is 11.4 Å². The zero-order valence-corrected chi connectivity index (χ0v) is 14.0. The second-order valence-electron chi connectivity index (χ2n) is 5.56. The molecule has 0 saturated carbocycles. The third kappa shape index (κ3) is 3.78. The molecule has 0 spiro atoms. The number of sulfonamides is 1. The number of benzene rings is 1. The first-order valence-electron chi connectivity index (χ1n) is 7.19. The summed E-state index contributed by atoms with van der Waals surface area (Å²) >= 11 is 0. The van der Waals surface area contributed by atoms with Gasteiger partial charge in [-0.15, -0.1) is 0 Å². The second-order valence-corrected chi connectivity index (χ2v) is 7.54. The van der Waals surface area contributed by atoms with Crippen molar-refractivity contribution in [1.82, 2.24) is 4.31 Å². The van der Waals surface area contributed by atoms with Crippen LogP contribution in [0.3, 0.4) is 0 Å². The van der Waals surface area contributed by atoms with E-state index in [0.29, 0.717) is 19.4 Å². The predicted molar refractivity (Wildman–Crippen MR) is 85.5 cm³/mol. The van der Waals surface area contributed by atoms with Crippen LogP contribution in [0.15, 0.2) is 24.3 Å². The number of methoxy groups -OCH3 is 1. The van der Waals surface area contributed by atoms with E-state index in [9.17, 15) is 13.2 Å². The quantitative estimate of drug-likeness (QED) is 0.837. The molecule has 1 aliphatic heterocycles. The minimum atomic E-state index is -3.25. The molecule has 0 N–H and O–H groups in total. The molecule has 122 valence electrons. The van der Waals surface area contributed by atoms with Crippen molar-refractivity contribution in [2.45, 2.75) is 12.8 Å². The van der Waals surface area contributed by atoms with E-state index in [4.69, 9.17) is 4.74 Å². The normalized spacial score (nSPS) is 19.7. The molecule has 0 aromatic heterocycles. The number of anilines is 1. The van der Waals surface area contributed by atoms with Crippen molar-refractivity contribution in [2.24, 2.45) is 5.92 Å². The van der Waals surface area contributed by atoms with Crippen LogP contribution in [0.25, 0.3) is 0 Å². The maximum Gasteiger partial charge on any atom is 0.231 e. The smallest absolute Gasteiger partial charge is 0.231 e. The lowest BCUT2D eigenvalue weighted by Gasteiger charge is -2.32. The molecule has 1 atom stereocenters. The van der Waals surface area contributed by atoms with Crippen molar-refractivity contribution < 1.29 is 17.9 Å². The van der Waals surface area contributed by atoms with Crippen LogP contribution in [-0.4, -0.2) is 52.1 Å². The highest BCUT2D eigenvalue weighted by atomic mass is 32.2. The van der Waals surface area contributed by atoms with E-state index in [1.54, 1.807) is 31.2 Å². The fourth-order valence-electron chi connectivity index (χ4n) is 2.65. The number of piperidine rings is 1. The summed E-state index contributed by atoms with van der Waals surface area (Å²) in [5, 5.41) is 0. The summed E-state index contributed by atoms with van der Waals surface area (Å²) in [5.41, 5.74) is 0.766. The van der Waals surface area contributed by atoms with E-state index in [1.165, 1.54) is 10.6 Å². The Bertz CT molecular complexity index is 627. The summed E-state index contributed by atoms with van der Waals surface area (Å²) in [4.78, 5) is 14.2. The van der Waals surface area contributed by atoms with Gasteiger partial charge in [-0.1, -0.05) is 0 Å². The summed E-state index contributed by atoms with van der Waals surface area (Å²) < 4.78 is 29.8. The third-order valence-corrected chi connectivity index (χ3v) is 5.26. The van der Waals surface area contributed by atoms with E-state index in [-0.39, 0.29) is 18.4 Å². The predicted octanol–water partition coefficient (Wildman–Crippen LogP) is 1.33. The van der Waals surface area contributed by atoms with E-state index < -0.39 is 10.0 Å². The first kappa shape index (κ1) is 16.8. The SMILES string of the molecule is COc1ccc(N(C)C(=O)C2CCCN(S(C)(=O)=O)C2)cc1. The fourth-order valence-corrected chi connectivity index (χ4v) is 3.56. The lowest BCUT2D eigenvalue weighted by Crippen LogP contribution is -2.45. The van der Waals surface area contributed by atoms with Crippen molar-refractivity contribution in [3.05, 3.63) is 24.3 Å². The molecule has 2 rings (SSSR count). The molecule has 6 nitrogen and oxygen atoms in total. The first-order valence-corrected chi connectivity index (χ1v) is 9.04. The van der Waals surface area contributed by atoms with Crippen molar-refractivity contribution in [1.29, 1.82) is 0 Å². The van der Waals surface area contributed by atoms with Crippen LogP contribution >= 0.6 is 0 Å². The average Bonchev–Trinajstić information content (AvgIpc) is 2.53. The van der Waals surface area contributed by atoms with Gasteiger partial charge in [-0.2, -0.15) is 0 Å². The van der Waals surface area contributed by atoms with Gasteiger partial charge in [0.15, 0.2) is 0 Å². The van der Waals surface area contributed by atoms with Crippen LogP contribution in [0, 0.1) is 5.92 Å². The number of amides is 1. The van der Waals surface area contributed by atoms with Gasteiger partial charge in [0.25, 0.3) is 0 Å². The Balaban J connectivity index is 2.09. The zero-order chi connectivity index (χ0) is 16.3. The molecule has 22 heavy (non-hydrogen) atoms. The molecule has 1 amide bonds. The molecule has 1 heterocycles. The van der Waals surface area contributed by atoms with Crippen molar-refractivity contribution in [3.63, 3.8) is 0 Å². The Labute approximate surface area is 131 Å². The maximum absolute atomic E-state index is 12.6. The standard InChI is InChI=1S/C15H22N2O4S/c1-16(13-6-8-14(21-2)9-7-13)15(18)12-5-4-10-17(11-12)22(3,19)20/h6-9,12H,4-5,10-11H2,1-3H3. The third-order valence-electron chi connectivity index (χ3n) is 3.99. The Kier molecular flexibility index (Phi) is 5.08. The number of carbonyl (C=O) groups excluding carboxylic acids is 1. The van der Waals surface area contributed by atoms with Crippen LogP contribution in [0.2, 0.25) is 0 Å². The molecular formula is C15H22N2O4S. The molecule has 0 aliphatic carbocycles. The number of rotatable bonds is 4. The number of hydrogen-bond acceptors (Lipinski definition) is 4. The van der Waals surface area contributed by atoms with Gasteiger partial charge in [-0.25, -0.2) is 12.7 Å². The molecule has 1 aliphatic rings. The topological polar surface area (TPSA) is 66.9 Å². The van der Waals surface area contributed by atoms with Gasteiger partial charge in [-0.05, 0) is 37.1 Å². The molecule has 1 unspecified atom stereocenters. The summed E-state index contributed by atoms with van der Waals surface area (Å²) in [6.07, 6.45) is 2.61. The van der Waals surface area contributed by atoms with Crippen LogP contribution in [0.5, 0.6) is 5.75 Å². The highest BCUT2D eigenvalue weighted by molar-refractivity contribution is 7.88. The molecular weight excluding hydrogens is 304 g/mol. The largest absolute Gasteiger partial charge is 0.497 e. The Hall–Kier alpha value is -1.60. The molecule has 7 heteroatoms. The average molecular weight is 326 g/mol. The molecule has 0 radical (unpaired) electrons. The van der Waals surface area contributed by atoms with Crippen LogP contribution in [-0.2, 0) is 14.8 Å². The molecule has 1 aromatic rings. The van der Waals surface area contributed by atoms with Gasteiger partial charge in [0, 0.05) is 25.8 Å². The monoisotopic (exact) mass is 326 g/mol. The van der Waals surface area contributed by atoms with Gasteiger partial charge >= 0.3 is 0 Å². The summed E-state index contributed by atoms with van der Waals surface area (Å²) in [6, 6.07) is 7.22. The van der Waals surface area contributed by atoms with Gasteiger partial charge in [0.2, 0.25) is 15.9 Å². The van der Waals surface area contributed by atoms with Gasteiger partial charge in [-0.3, -0.25) is 4.79 Å².